The molecule has 0 radical (unpaired) electrons. The first kappa shape index (κ1) is 15.9. The fourth-order valence-electron chi connectivity index (χ4n) is 1.84. The van der Waals surface area contributed by atoms with Gasteiger partial charge in [-0.25, -0.2) is 0 Å². The van der Waals surface area contributed by atoms with Crippen LogP contribution in [0.5, 0.6) is 0 Å². The van der Waals surface area contributed by atoms with Gasteiger partial charge in [-0.05, 0) is 30.7 Å². The van der Waals surface area contributed by atoms with Gasteiger partial charge in [0.1, 0.15) is 5.25 Å². The van der Waals surface area contributed by atoms with Crippen molar-refractivity contribution < 1.29 is 9.53 Å². The molecule has 0 heterocycles. The Morgan fingerprint density at radius 2 is 2.00 bits per heavy atom. The maximum absolute atomic E-state index is 12.2. The zero-order valence-electron chi connectivity index (χ0n) is 11.6. The number of hydrogen-bond acceptors (Lipinski definition) is 4. The lowest BCUT2D eigenvalue weighted by Crippen LogP contribution is -2.13. The minimum atomic E-state index is -0.428. The second-order valence-corrected chi connectivity index (χ2v) is 6.41. The Morgan fingerprint density at radius 3 is 2.67 bits per heavy atom. The normalized spacial score (nSPS) is 11.9. The largest absolute Gasteiger partial charge is 0.465 e. The van der Waals surface area contributed by atoms with Crippen LogP contribution in [0.25, 0.3) is 0 Å². The highest BCUT2D eigenvalue weighted by Gasteiger charge is 2.24. The number of nitrogen functional groups attached to an aromatic ring is 1. The van der Waals surface area contributed by atoms with Crippen molar-refractivity contribution in [2.75, 3.05) is 12.3 Å². The molecule has 2 aromatic rings. The predicted molar refractivity (Wildman–Crippen MR) is 90.2 cm³/mol. The molecule has 0 saturated carbocycles. The van der Waals surface area contributed by atoms with E-state index in [4.69, 9.17) is 10.5 Å². The maximum atomic E-state index is 12.2. The number of esters is 1. The van der Waals surface area contributed by atoms with E-state index in [9.17, 15) is 4.79 Å². The Bertz CT molecular complexity index is 619. The number of thioether (sulfide) groups is 1. The third-order valence-corrected chi connectivity index (χ3v) is 4.62. The van der Waals surface area contributed by atoms with Crippen molar-refractivity contribution in [3.63, 3.8) is 0 Å². The number of rotatable bonds is 5. The molecule has 1 atom stereocenters. The summed E-state index contributed by atoms with van der Waals surface area (Å²) in [6.07, 6.45) is 0. The summed E-state index contributed by atoms with van der Waals surface area (Å²) in [5, 5.41) is -0.428. The molecule has 2 rings (SSSR count). The second kappa shape index (κ2) is 7.52. The Balaban J connectivity index is 2.32. The summed E-state index contributed by atoms with van der Waals surface area (Å²) < 4.78 is 6.11. The van der Waals surface area contributed by atoms with E-state index < -0.39 is 5.25 Å². The maximum Gasteiger partial charge on any atom is 0.323 e. The van der Waals surface area contributed by atoms with Crippen molar-refractivity contribution in [3.8, 4) is 0 Å². The molecule has 0 bridgehead atoms. The Kier molecular flexibility index (Phi) is 5.70. The van der Waals surface area contributed by atoms with Gasteiger partial charge in [0.05, 0.1) is 6.61 Å². The molecule has 0 aliphatic rings. The van der Waals surface area contributed by atoms with Gasteiger partial charge < -0.3 is 10.5 Å². The van der Waals surface area contributed by atoms with Gasteiger partial charge in [-0.15, -0.1) is 11.8 Å². The number of halogens is 1. The molecule has 5 heteroatoms. The number of carbonyl (C=O) groups is 1. The standard InChI is InChI=1S/C16H16BrNO2S/c1-2-20-16(19)15(11-6-4-3-5-7-11)21-14-10-12(17)8-9-13(14)18/h3-10,15H,2,18H2,1H3. The molecule has 2 N–H and O–H groups in total. The summed E-state index contributed by atoms with van der Waals surface area (Å²) in [4.78, 5) is 13.1. The third kappa shape index (κ3) is 4.25. The van der Waals surface area contributed by atoms with Crippen LogP contribution in [0.15, 0.2) is 57.9 Å². The monoisotopic (exact) mass is 365 g/mol. The molecule has 3 nitrogen and oxygen atoms in total. The number of ether oxygens (including phenoxy) is 1. The first-order valence-corrected chi connectivity index (χ1v) is 8.22. The summed E-state index contributed by atoms with van der Waals surface area (Å²) >= 11 is 4.83. The van der Waals surface area contributed by atoms with Crippen molar-refractivity contribution in [1.29, 1.82) is 0 Å². The van der Waals surface area contributed by atoms with Crippen molar-refractivity contribution >= 4 is 39.3 Å². The van der Waals surface area contributed by atoms with E-state index in [1.165, 1.54) is 11.8 Å². The van der Waals surface area contributed by atoms with E-state index in [1.807, 2.05) is 48.5 Å². The average molecular weight is 366 g/mol. The second-order valence-electron chi connectivity index (χ2n) is 4.34. The number of hydrogen-bond donors (Lipinski definition) is 1. The highest BCUT2D eigenvalue weighted by atomic mass is 79.9. The lowest BCUT2D eigenvalue weighted by atomic mass is 10.1. The van der Waals surface area contributed by atoms with Gasteiger partial charge in [0.25, 0.3) is 0 Å². The lowest BCUT2D eigenvalue weighted by molar-refractivity contribution is -0.142. The average Bonchev–Trinajstić information content (AvgIpc) is 2.49. The Hall–Kier alpha value is -1.46. The van der Waals surface area contributed by atoms with Crippen molar-refractivity contribution in [3.05, 3.63) is 58.6 Å². The van der Waals surface area contributed by atoms with E-state index >= 15 is 0 Å². The number of benzene rings is 2. The number of carbonyl (C=O) groups excluding carboxylic acids is 1. The smallest absolute Gasteiger partial charge is 0.323 e. The molecule has 0 aliphatic carbocycles. The van der Waals surface area contributed by atoms with Crippen molar-refractivity contribution in [2.45, 2.75) is 17.1 Å². The van der Waals surface area contributed by atoms with Gasteiger partial charge in [-0.1, -0.05) is 46.3 Å². The van der Waals surface area contributed by atoms with Gasteiger partial charge in [0.2, 0.25) is 0 Å². The van der Waals surface area contributed by atoms with Crippen LogP contribution < -0.4 is 5.73 Å². The minimum Gasteiger partial charge on any atom is -0.465 e. The Morgan fingerprint density at radius 1 is 1.29 bits per heavy atom. The lowest BCUT2D eigenvalue weighted by Gasteiger charge is -2.16. The molecule has 0 saturated heterocycles. The number of anilines is 1. The molecular formula is C16H16BrNO2S. The molecule has 0 spiro atoms. The van der Waals surface area contributed by atoms with Gasteiger partial charge in [-0.2, -0.15) is 0 Å². The van der Waals surface area contributed by atoms with E-state index in [1.54, 1.807) is 6.92 Å². The van der Waals surface area contributed by atoms with Crippen LogP contribution in [0, 0.1) is 0 Å². The van der Waals surface area contributed by atoms with E-state index in [0.29, 0.717) is 12.3 Å². The first-order valence-electron chi connectivity index (χ1n) is 6.55. The Labute approximate surface area is 137 Å². The molecular weight excluding hydrogens is 350 g/mol. The van der Waals surface area contributed by atoms with Crippen LogP contribution in [0.4, 0.5) is 5.69 Å². The molecule has 0 fully saturated rings. The first-order chi connectivity index (χ1) is 10.1. The van der Waals surface area contributed by atoms with Crippen LogP contribution in [0.3, 0.4) is 0 Å². The van der Waals surface area contributed by atoms with E-state index in [0.717, 1.165) is 14.9 Å². The van der Waals surface area contributed by atoms with E-state index in [-0.39, 0.29) is 5.97 Å². The van der Waals surface area contributed by atoms with Gasteiger partial charge in [0.15, 0.2) is 0 Å². The molecule has 0 aromatic heterocycles. The molecule has 2 aromatic carbocycles. The summed E-state index contributed by atoms with van der Waals surface area (Å²) in [5.74, 6) is -0.256. The van der Waals surface area contributed by atoms with Crippen LogP contribution in [0.1, 0.15) is 17.7 Å². The van der Waals surface area contributed by atoms with Gasteiger partial charge >= 0.3 is 5.97 Å². The topological polar surface area (TPSA) is 52.3 Å². The van der Waals surface area contributed by atoms with Crippen LogP contribution in [-0.2, 0) is 9.53 Å². The summed E-state index contributed by atoms with van der Waals surface area (Å²) in [7, 11) is 0. The molecule has 1 unspecified atom stereocenters. The van der Waals surface area contributed by atoms with Gasteiger partial charge in [0, 0.05) is 15.1 Å². The highest BCUT2D eigenvalue weighted by Crippen LogP contribution is 2.40. The van der Waals surface area contributed by atoms with Crippen LogP contribution in [-0.4, -0.2) is 12.6 Å². The fraction of sp³-hybridized carbons (Fsp3) is 0.188. The molecule has 0 aliphatic heterocycles. The molecule has 0 amide bonds. The summed E-state index contributed by atoms with van der Waals surface area (Å²) in [5.41, 5.74) is 7.55. The molecule has 110 valence electrons. The van der Waals surface area contributed by atoms with Crippen molar-refractivity contribution in [2.24, 2.45) is 0 Å². The zero-order chi connectivity index (χ0) is 15.2. The summed E-state index contributed by atoms with van der Waals surface area (Å²) in [6, 6.07) is 15.2. The quantitative estimate of drug-likeness (QED) is 0.483. The van der Waals surface area contributed by atoms with Gasteiger partial charge in [-0.3, -0.25) is 4.79 Å². The van der Waals surface area contributed by atoms with Crippen LogP contribution in [0.2, 0.25) is 0 Å². The SMILES string of the molecule is CCOC(=O)C(Sc1cc(Br)ccc1N)c1ccccc1. The predicted octanol–water partition coefficient (Wildman–Crippen LogP) is 4.43. The third-order valence-electron chi connectivity index (χ3n) is 2.82. The zero-order valence-corrected chi connectivity index (χ0v) is 14.0. The van der Waals surface area contributed by atoms with Crippen LogP contribution >= 0.6 is 27.7 Å². The summed E-state index contributed by atoms with van der Waals surface area (Å²) in [6.45, 7) is 2.16. The number of nitrogens with two attached hydrogens (primary N) is 1. The fourth-order valence-corrected chi connectivity index (χ4v) is 3.46. The minimum absolute atomic E-state index is 0.256. The highest BCUT2D eigenvalue weighted by molar-refractivity contribution is 9.10. The van der Waals surface area contributed by atoms with E-state index in [2.05, 4.69) is 15.9 Å². The molecule has 21 heavy (non-hydrogen) atoms. The van der Waals surface area contributed by atoms with Crippen molar-refractivity contribution in [1.82, 2.24) is 0 Å².